The summed E-state index contributed by atoms with van der Waals surface area (Å²) >= 11 is 1.16. The number of halogens is 1. The number of aliphatic hydroxyl groups excluding tert-OH is 1. The van der Waals surface area contributed by atoms with Crippen molar-refractivity contribution >= 4 is 27.5 Å². The summed E-state index contributed by atoms with van der Waals surface area (Å²) in [5, 5.41) is 18.7. The number of H-pyrrole nitrogens is 1. The van der Waals surface area contributed by atoms with Crippen LogP contribution >= 0.6 is 11.3 Å². The predicted molar refractivity (Wildman–Crippen MR) is 154 cm³/mol. The van der Waals surface area contributed by atoms with E-state index in [1.165, 1.54) is 42.5 Å². The van der Waals surface area contributed by atoms with Crippen LogP contribution in [0.5, 0.6) is 5.75 Å². The third-order valence-corrected chi connectivity index (χ3v) is 8.91. The Morgan fingerprint density at radius 1 is 1.21 bits per heavy atom. The van der Waals surface area contributed by atoms with Crippen LogP contribution in [-0.4, -0.2) is 73.4 Å². The lowest BCUT2D eigenvalue weighted by Crippen LogP contribution is -2.62. The molecule has 1 unspecified atom stereocenters. The van der Waals surface area contributed by atoms with Crippen LogP contribution in [0.1, 0.15) is 50.3 Å². The monoisotopic (exact) mass is 600 g/mol. The summed E-state index contributed by atoms with van der Waals surface area (Å²) in [6.07, 6.45) is 2.50. The minimum Gasteiger partial charge on any atom is -0.496 e. The molecule has 2 N–H and O–H groups in total. The van der Waals surface area contributed by atoms with Gasteiger partial charge in [-0.1, -0.05) is 11.3 Å². The van der Waals surface area contributed by atoms with E-state index in [0.717, 1.165) is 15.9 Å². The number of likely N-dealkylation sites (tertiary alicyclic amines) is 1. The van der Waals surface area contributed by atoms with E-state index in [9.17, 15) is 23.9 Å². The quantitative estimate of drug-likeness (QED) is 0.283. The van der Waals surface area contributed by atoms with Gasteiger partial charge in [0, 0.05) is 30.1 Å². The van der Waals surface area contributed by atoms with Gasteiger partial charge in [0.15, 0.2) is 0 Å². The summed E-state index contributed by atoms with van der Waals surface area (Å²) in [4.78, 5) is 48.8. The summed E-state index contributed by atoms with van der Waals surface area (Å²) in [6.45, 7) is 5.46. The number of carbonyl (C=O) groups is 1. The van der Waals surface area contributed by atoms with Gasteiger partial charge in [-0.2, -0.15) is 10.2 Å². The van der Waals surface area contributed by atoms with E-state index >= 15 is 0 Å². The number of aromatic nitrogens is 5. The normalized spacial score (nSPS) is 18.3. The number of benzene rings is 1. The maximum atomic E-state index is 14.5. The molecule has 42 heavy (non-hydrogen) atoms. The molecule has 0 aliphatic carbocycles. The Balaban J connectivity index is 1.76. The van der Waals surface area contributed by atoms with Gasteiger partial charge < -0.3 is 19.5 Å². The van der Waals surface area contributed by atoms with Gasteiger partial charge in [-0.15, -0.1) is 4.80 Å². The third-order valence-electron chi connectivity index (χ3n) is 7.73. The SMILES string of the molecule is COc1ccc(F)cc1[C@@H](CC1(n2c(=O)[nH]c3sc(-n4nccn4)c(C)c3c2=O)CCCN(C(C)C)C1=O)OCCO. The van der Waals surface area contributed by atoms with E-state index in [0.29, 0.717) is 39.7 Å². The van der Waals surface area contributed by atoms with Crippen molar-refractivity contribution in [2.75, 3.05) is 26.9 Å². The van der Waals surface area contributed by atoms with E-state index in [1.54, 1.807) is 11.8 Å². The van der Waals surface area contributed by atoms with Crippen LogP contribution in [0, 0.1) is 12.7 Å². The second kappa shape index (κ2) is 11.8. The summed E-state index contributed by atoms with van der Waals surface area (Å²) in [6, 6.07) is 3.71. The van der Waals surface area contributed by atoms with Crippen LogP contribution in [0.15, 0.2) is 40.2 Å². The number of aliphatic hydroxyl groups is 1. The van der Waals surface area contributed by atoms with E-state index in [1.807, 2.05) is 13.8 Å². The lowest BCUT2D eigenvalue weighted by Gasteiger charge is -2.45. The van der Waals surface area contributed by atoms with E-state index in [2.05, 4.69) is 15.2 Å². The molecular formula is C28H33FN6O6S. The fourth-order valence-corrected chi connectivity index (χ4v) is 6.93. The highest BCUT2D eigenvalue weighted by Gasteiger charge is 2.50. The molecule has 0 saturated carbocycles. The van der Waals surface area contributed by atoms with Crippen LogP contribution in [0.25, 0.3) is 15.2 Å². The van der Waals surface area contributed by atoms with E-state index in [4.69, 9.17) is 9.47 Å². The molecule has 0 radical (unpaired) electrons. The van der Waals surface area contributed by atoms with Gasteiger partial charge in [0.25, 0.3) is 5.56 Å². The van der Waals surface area contributed by atoms with Crippen LogP contribution < -0.4 is 16.0 Å². The summed E-state index contributed by atoms with van der Waals surface area (Å²) in [5.74, 6) is -0.660. The molecule has 1 fully saturated rings. The molecule has 2 atom stereocenters. The molecule has 0 spiro atoms. The first kappa shape index (κ1) is 29.6. The van der Waals surface area contributed by atoms with Crippen LogP contribution in [0.2, 0.25) is 0 Å². The summed E-state index contributed by atoms with van der Waals surface area (Å²) in [7, 11) is 1.43. The van der Waals surface area contributed by atoms with Crippen LogP contribution in [0.3, 0.4) is 0 Å². The average molecular weight is 601 g/mol. The van der Waals surface area contributed by atoms with Crippen LogP contribution in [0.4, 0.5) is 4.39 Å². The highest BCUT2D eigenvalue weighted by atomic mass is 32.1. The van der Waals surface area contributed by atoms with Crippen molar-refractivity contribution in [3.05, 3.63) is 68.4 Å². The number of aryl methyl sites for hydroxylation is 1. The molecule has 1 amide bonds. The number of rotatable bonds is 10. The maximum absolute atomic E-state index is 14.5. The first-order valence-electron chi connectivity index (χ1n) is 13.7. The maximum Gasteiger partial charge on any atom is 0.330 e. The molecule has 1 saturated heterocycles. The fourth-order valence-electron chi connectivity index (χ4n) is 5.82. The second-order valence-corrected chi connectivity index (χ2v) is 11.5. The lowest BCUT2D eigenvalue weighted by molar-refractivity contribution is -0.150. The molecule has 5 rings (SSSR count). The zero-order valence-corrected chi connectivity index (χ0v) is 24.6. The van der Waals surface area contributed by atoms with E-state index < -0.39 is 34.6 Å². The van der Waals surface area contributed by atoms with Gasteiger partial charge >= 0.3 is 5.69 Å². The number of aromatic amines is 1. The number of nitrogens with zero attached hydrogens (tertiary/aromatic N) is 5. The molecule has 4 aromatic rings. The Labute approximate surface area is 244 Å². The third kappa shape index (κ3) is 5.03. The second-order valence-electron chi connectivity index (χ2n) is 10.5. The molecule has 14 heteroatoms. The zero-order chi connectivity index (χ0) is 30.2. The lowest BCUT2D eigenvalue weighted by atomic mass is 9.80. The van der Waals surface area contributed by atoms with Crippen LogP contribution in [-0.2, 0) is 15.1 Å². The zero-order valence-electron chi connectivity index (χ0n) is 23.8. The molecule has 4 heterocycles. The molecule has 12 nitrogen and oxygen atoms in total. The highest BCUT2D eigenvalue weighted by molar-refractivity contribution is 7.21. The van der Waals surface area contributed by atoms with Crippen molar-refractivity contribution in [2.45, 2.75) is 57.7 Å². The van der Waals surface area contributed by atoms with Crippen molar-refractivity contribution in [3.8, 4) is 10.8 Å². The predicted octanol–water partition coefficient (Wildman–Crippen LogP) is 2.65. The number of ether oxygens (including phenoxy) is 2. The van der Waals surface area contributed by atoms with Gasteiger partial charge in [-0.25, -0.2) is 13.8 Å². The Hall–Kier alpha value is -3.88. The largest absolute Gasteiger partial charge is 0.496 e. The first-order valence-corrected chi connectivity index (χ1v) is 14.5. The molecule has 3 aromatic heterocycles. The van der Waals surface area contributed by atoms with Gasteiger partial charge in [-0.05, 0) is 51.8 Å². The molecule has 0 bridgehead atoms. The van der Waals surface area contributed by atoms with Crippen molar-refractivity contribution in [3.63, 3.8) is 0 Å². The number of fused-ring (bicyclic) bond motifs is 1. The highest BCUT2D eigenvalue weighted by Crippen LogP contribution is 2.42. The number of carbonyl (C=O) groups excluding carboxylic acids is 1. The topological polar surface area (TPSA) is 145 Å². The average Bonchev–Trinajstić information content (AvgIpc) is 3.60. The number of thiophene rings is 1. The van der Waals surface area contributed by atoms with Crippen molar-refractivity contribution < 1.29 is 23.8 Å². The number of amides is 1. The Morgan fingerprint density at radius 2 is 1.95 bits per heavy atom. The summed E-state index contributed by atoms with van der Waals surface area (Å²) in [5.41, 5.74) is -2.21. The Morgan fingerprint density at radius 3 is 2.62 bits per heavy atom. The van der Waals surface area contributed by atoms with Gasteiger partial charge in [0.2, 0.25) is 5.91 Å². The number of piperidine rings is 1. The minimum absolute atomic E-state index is 0.128. The van der Waals surface area contributed by atoms with Gasteiger partial charge in [0.05, 0.1) is 44.2 Å². The minimum atomic E-state index is -1.68. The smallest absolute Gasteiger partial charge is 0.330 e. The molecular weight excluding hydrogens is 567 g/mol. The molecule has 224 valence electrons. The molecule has 1 aliphatic heterocycles. The number of hydrogen-bond acceptors (Lipinski definition) is 9. The molecule has 1 aromatic carbocycles. The van der Waals surface area contributed by atoms with E-state index in [-0.39, 0.29) is 37.5 Å². The summed E-state index contributed by atoms with van der Waals surface area (Å²) < 4.78 is 27.0. The molecule has 1 aliphatic rings. The first-order chi connectivity index (χ1) is 20.1. The number of nitrogens with one attached hydrogen (secondary N) is 1. The Bertz CT molecular complexity index is 1710. The van der Waals surface area contributed by atoms with Crippen molar-refractivity contribution in [1.82, 2.24) is 29.4 Å². The Kier molecular flexibility index (Phi) is 8.30. The number of methoxy groups -OCH3 is 1. The van der Waals surface area contributed by atoms with Gasteiger partial charge in [0.1, 0.15) is 26.9 Å². The van der Waals surface area contributed by atoms with Crippen molar-refractivity contribution in [2.24, 2.45) is 0 Å². The number of hydrogen-bond donors (Lipinski definition) is 2. The van der Waals surface area contributed by atoms with Gasteiger partial charge in [-0.3, -0.25) is 14.6 Å². The fraction of sp³-hybridized carbons (Fsp3) is 0.464. The van der Waals surface area contributed by atoms with Crippen molar-refractivity contribution in [1.29, 1.82) is 0 Å². The standard InChI is InChI=1S/C28H33FN6O6S/c1-16(2)33-11-5-8-28(26(33)38,15-21(41-13-12-36)19-14-18(29)6-7-20(19)40-4)34-24(37)22-17(3)25(35-30-9-10-31-35)42-23(22)32-27(34)39/h6-7,9-10,14,16,21,36H,5,8,11-13,15H2,1-4H3,(H,32,39)/t21-,28?/m1/s1.